The van der Waals surface area contributed by atoms with E-state index >= 15 is 0 Å². The Bertz CT molecular complexity index is 1050. The largest absolute Gasteiger partial charge is 0.380 e. The maximum Gasteiger partial charge on any atom is 0.283 e. The lowest BCUT2D eigenvalue weighted by Crippen LogP contribution is -2.58. The van der Waals surface area contributed by atoms with Crippen molar-refractivity contribution in [2.24, 2.45) is 23.2 Å². The normalized spacial score (nSPS) is 26.2. The lowest BCUT2D eigenvalue weighted by atomic mass is 9.45. The number of aromatic nitrogens is 2. The second kappa shape index (κ2) is 8.53. The molecule has 4 atom stereocenters. The van der Waals surface area contributed by atoms with Crippen molar-refractivity contribution in [3.8, 4) is 0 Å². The molecule has 1 N–H and O–H groups in total. The Morgan fingerprint density at radius 2 is 2.03 bits per heavy atom. The summed E-state index contributed by atoms with van der Waals surface area (Å²) in [6.07, 6.45) is 5.20. The molecule has 1 heterocycles. The second-order valence-corrected chi connectivity index (χ2v) is 10.8. The number of aryl methyl sites for hydroxylation is 2. The molecule has 6 heteroatoms. The molecular formula is C25H32BrN3O2. The van der Waals surface area contributed by atoms with Gasteiger partial charge in [0.25, 0.3) is 5.56 Å². The Morgan fingerprint density at radius 1 is 1.29 bits per heavy atom. The number of fused-ring (bicyclic) bond motifs is 2. The van der Waals surface area contributed by atoms with Gasteiger partial charge < -0.3 is 5.32 Å². The van der Waals surface area contributed by atoms with Crippen LogP contribution in [0.5, 0.6) is 0 Å². The van der Waals surface area contributed by atoms with Crippen LogP contribution in [-0.2, 0) is 17.8 Å². The number of hydrogen-bond donors (Lipinski definition) is 1. The first-order valence-electron chi connectivity index (χ1n) is 11.3. The standard InChI is InChI=1S/C25H32BrN3O2/c1-15-7-5-6-8-17(15)9-10-19(30)14-29-24(31)23(26)22(13-27-29)28-21-12-18-11-20(16(21)2)25(18,3)4/h5-8,13,16,18,20-21,28H,9-12,14H2,1-4H3/t16-,18-,20+,21-/m1/s1. The van der Waals surface area contributed by atoms with E-state index < -0.39 is 0 Å². The van der Waals surface area contributed by atoms with Gasteiger partial charge in [0.1, 0.15) is 11.0 Å². The van der Waals surface area contributed by atoms with Crippen LogP contribution in [0.2, 0.25) is 0 Å². The third-order valence-electron chi connectivity index (χ3n) is 7.94. The van der Waals surface area contributed by atoms with E-state index in [-0.39, 0.29) is 17.9 Å². The summed E-state index contributed by atoms with van der Waals surface area (Å²) in [5.41, 5.74) is 3.24. The van der Waals surface area contributed by atoms with Crippen LogP contribution in [0.3, 0.4) is 0 Å². The fraction of sp³-hybridized carbons (Fsp3) is 0.560. The van der Waals surface area contributed by atoms with Crippen LogP contribution in [0.4, 0.5) is 5.69 Å². The van der Waals surface area contributed by atoms with E-state index in [0.717, 1.165) is 23.9 Å². The lowest BCUT2D eigenvalue weighted by Gasteiger charge is -2.62. The van der Waals surface area contributed by atoms with Crippen LogP contribution in [-0.4, -0.2) is 21.6 Å². The smallest absolute Gasteiger partial charge is 0.283 e. The summed E-state index contributed by atoms with van der Waals surface area (Å²) in [6.45, 7) is 9.13. The highest BCUT2D eigenvalue weighted by molar-refractivity contribution is 9.10. The molecule has 3 aliphatic carbocycles. The molecule has 0 spiro atoms. The van der Waals surface area contributed by atoms with E-state index in [9.17, 15) is 9.59 Å². The van der Waals surface area contributed by atoms with Crippen LogP contribution in [0.25, 0.3) is 0 Å². The quantitative estimate of drug-likeness (QED) is 0.599. The number of nitrogens with one attached hydrogen (secondary N) is 1. The van der Waals surface area contributed by atoms with Crippen LogP contribution >= 0.6 is 15.9 Å². The summed E-state index contributed by atoms with van der Waals surface area (Å²) in [7, 11) is 0. The molecule has 1 aromatic carbocycles. The van der Waals surface area contributed by atoms with Gasteiger partial charge in [-0.25, -0.2) is 4.68 Å². The highest BCUT2D eigenvalue weighted by atomic mass is 79.9. The zero-order chi connectivity index (χ0) is 22.3. The fourth-order valence-corrected chi connectivity index (χ4v) is 6.05. The molecule has 3 fully saturated rings. The van der Waals surface area contributed by atoms with Crippen molar-refractivity contribution in [2.45, 2.75) is 66.0 Å². The molecule has 3 saturated carbocycles. The fourth-order valence-electron chi connectivity index (χ4n) is 5.63. The number of carbonyl (C=O) groups excluding carboxylic acids is 1. The Hall–Kier alpha value is -1.95. The van der Waals surface area contributed by atoms with Gasteiger partial charge in [0.2, 0.25) is 0 Å². The number of Topliss-reactive ketones (excluding diaryl/α,β-unsaturated/α-hetero) is 1. The Labute approximate surface area is 192 Å². The molecule has 166 valence electrons. The molecule has 5 nitrogen and oxygen atoms in total. The zero-order valence-corrected chi connectivity index (χ0v) is 20.4. The van der Waals surface area contributed by atoms with Gasteiger partial charge in [-0.3, -0.25) is 9.59 Å². The third-order valence-corrected chi connectivity index (χ3v) is 8.71. The number of carbonyl (C=O) groups is 1. The zero-order valence-electron chi connectivity index (χ0n) is 18.8. The summed E-state index contributed by atoms with van der Waals surface area (Å²) < 4.78 is 1.72. The summed E-state index contributed by atoms with van der Waals surface area (Å²) in [5, 5.41) is 7.86. The van der Waals surface area contributed by atoms with Gasteiger partial charge in [0.05, 0.1) is 11.9 Å². The summed E-state index contributed by atoms with van der Waals surface area (Å²) in [6, 6.07) is 8.42. The van der Waals surface area contributed by atoms with E-state index in [1.165, 1.54) is 22.2 Å². The monoisotopic (exact) mass is 485 g/mol. The molecule has 0 aliphatic heterocycles. The van der Waals surface area contributed by atoms with E-state index in [1.54, 1.807) is 6.20 Å². The molecule has 3 aliphatic rings. The molecule has 0 saturated heterocycles. The van der Waals surface area contributed by atoms with Crippen LogP contribution in [0.1, 0.15) is 51.2 Å². The average Bonchev–Trinajstić information content (AvgIpc) is 2.73. The topological polar surface area (TPSA) is 64.0 Å². The van der Waals surface area contributed by atoms with Crippen molar-refractivity contribution in [1.29, 1.82) is 0 Å². The molecule has 0 amide bonds. The van der Waals surface area contributed by atoms with Gasteiger partial charge in [-0.2, -0.15) is 5.10 Å². The van der Waals surface area contributed by atoms with Crippen LogP contribution in [0, 0.1) is 30.1 Å². The first-order valence-corrected chi connectivity index (χ1v) is 12.1. The average molecular weight is 486 g/mol. The van der Waals surface area contributed by atoms with Gasteiger partial charge in [0.15, 0.2) is 5.78 Å². The van der Waals surface area contributed by atoms with E-state index in [2.05, 4.69) is 47.1 Å². The van der Waals surface area contributed by atoms with E-state index in [0.29, 0.717) is 34.7 Å². The molecule has 31 heavy (non-hydrogen) atoms. The number of hydrogen-bond acceptors (Lipinski definition) is 4. The first-order chi connectivity index (χ1) is 14.7. The molecule has 2 aromatic rings. The molecule has 5 rings (SSSR count). The van der Waals surface area contributed by atoms with Crippen molar-refractivity contribution < 1.29 is 4.79 Å². The number of nitrogens with zero attached hydrogens (tertiary/aromatic N) is 2. The van der Waals surface area contributed by atoms with Crippen molar-refractivity contribution in [2.75, 3.05) is 5.32 Å². The molecule has 0 radical (unpaired) electrons. The van der Waals surface area contributed by atoms with Gasteiger partial charge in [-0.1, -0.05) is 45.0 Å². The van der Waals surface area contributed by atoms with E-state index in [1.807, 2.05) is 31.2 Å². The van der Waals surface area contributed by atoms with Crippen molar-refractivity contribution in [3.05, 3.63) is 56.4 Å². The van der Waals surface area contributed by atoms with E-state index in [4.69, 9.17) is 0 Å². The minimum Gasteiger partial charge on any atom is -0.380 e. The lowest BCUT2D eigenvalue weighted by molar-refractivity contribution is -0.119. The predicted octanol–water partition coefficient (Wildman–Crippen LogP) is 5.00. The molecule has 2 bridgehead atoms. The highest BCUT2D eigenvalue weighted by Gasteiger charge is 2.56. The third kappa shape index (κ3) is 4.23. The minimum absolute atomic E-state index is 0.00175. The first kappa shape index (κ1) is 22.3. The van der Waals surface area contributed by atoms with Crippen molar-refractivity contribution >= 4 is 27.4 Å². The molecule has 0 unspecified atom stereocenters. The predicted molar refractivity (Wildman–Crippen MR) is 127 cm³/mol. The molecular weight excluding hydrogens is 454 g/mol. The number of anilines is 1. The Kier molecular flexibility index (Phi) is 6.12. The summed E-state index contributed by atoms with van der Waals surface area (Å²) in [4.78, 5) is 25.3. The summed E-state index contributed by atoms with van der Waals surface area (Å²) in [5.74, 6) is 2.02. The Balaban J connectivity index is 1.39. The van der Waals surface area contributed by atoms with Gasteiger partial charge in [0, 0.05) is 12.5 Å². The number of rotatable bonds is 7. The SMILES string of the molecule is Cc1ccccc1CCC(=O)Cn1ncc(N[C@@H]2C[C@H]3C[C@@H]([C@H]2C)C3(C)C)c(Br)c1=O. The van der Waals surface area contributed by atoms with Crippen LogP contribution in [0.15, 0.2) is 39.7 Å². The van der Waals surface area contributed by atoms with Gasteiger partial charge >= 0.3 is 0 Å². The second-order valence-electron chi connectivity index (χ2n) is 10.0. The number of ketones is 1. The maximum absolute atomic E-state index is 12.8. The summed E-state index contributed by atoms with van der Waals surface area (Å²) >= 11 is 3.45. The van der Waals surface area contributed by atoms with Gasteiger partial charge in [-0.05, 0) is 76.4 Å². The van der Waals surface area contributed by atoms with Crippen molar-refractivity contribution in [3.63, 3.8) is 0 Å². The van der Waals surface area contributed by atoms with Crippen LogP contribution < -0.4 is 10.9 Å². The number of benzene rings is 1. The van der Waals surface area contributed by atoms with Crippen molar-refractivity contribution in [1.82, 2.24) is 9.78 Å². The maximum atomic E-state index is 12.8. The molecule has 1 aromatic heterocycles. The van der Waals surface area contributed by atoms with Gasteiger partial charge in [-0.15, -0.1) is 0 Å². The highest BCUT2D eigenvalue weighted by Crippen LogP contribution is 2.61. The number of halogens is 1. The minimum atomic E-state index is -0.261. The Morgan fingerprint density at radius 3 is 2.71 bits per heavy atom.